The molecule has 1 rings (SSSR count). The zero-order chi connectivity index (χ0) is 7.94. The van der Waals surface area contributed by atoms with Crippen molar-refractivity contribution in [2.75, 3.05) is 26.4 Å². The Balaban J connectivity index is 1.66. The molecule has 2 radical (unpaired) electrons. The van der Waals surface area contributed by atoms with E-state index in [0.717, 1.165) is 32.5 Å². The maximum atomic E-state index is 5.31. The molecule has 1 unspecified atom stereocenters. The summed E-state index contributed by atoms with van der Waals surface area (Å²) in [4.78, 5) is 0. The van der Waals surface area contributed by atoms with Gasteiger partial charge in [-0.25, -0.2) is 0 Å². The van der Waals surface area contributed by atoms with Crippen LogP contribution in [-0.4, -0.2) is 42.3 Å². The minimum absolute atomic E-state index is 0.394. The first-order chi connectivity index (χ1) is 5.43. The summed E-state index contributed by atoms with van der Waals surface area (Å²) < 4.78 is 15.5. The van der Waals surface area contributed by atoms with Gasteiger partial charge in [0, 0.05) is 13.2 Å². The van der Waals surface area contributed by atoms with Crippen LogP contribution >= 0.6 is 0 Å². The molecular weight excluding hydrogens is 160 g/mol. The molecule has 1 saturated heterocycles. The molecule has 1 heterocycles. The van der Waals surface area contributed by atoms with Crippen LogP contribution in [0.3, 0.4) is 0 Å². The lowest BCUT2D eigenvalue weighted by molar-refractivity contribution is 0.126. The van der Waals surface area contributed by atoms with E-state index in [2.05, 4.69) is 0 Å². The second kappa shape index (κ2) is 5.71. The average molecular weight is 174 g/mol. The summed E-state index contributed by atoms with van der Waals surface area (Å²) in [5, 5.41) is 0. The molecule has 1 aliphatic rings. The van der Waals surface area contributed by atoms with Gasteiger partial charge in [0.15, 0.2) is 0 Å². The number of hydrogen-bond donors (Lipinski definition) is 0. The van der Waals surface area contributed by atoms with Gasteiger partial charge >= 0.3 is 0 Å². The molecule has 1 fully saturated rings. The molecule has 0 aliphatic carbocycles. The summed E-state index contributed by atoms with van der Waals surface area (Å²) in [5.74, 6) is 0. The summed E-state index contributed by atoms with van der Waals surface area (Å²) in [6, 6.07) is 1.01. The Morgan fingerprint density at radius 2 is 2.45 bits per heavy atom. The first-order valence-electron chi connectivity index (χ1n) is 3.97. The lowest BCUT2D eigenvalue weighted by atomic mass is 10.5. The molecule has 1 atom stereocenters. The molecule has 1 aliphatic heterocycles. The molecule has 0 spiro atoms. The Hall–Kier alpha value is 0.0969. The molecule has 0 aromatic carbocycles. The summed E-state index contributed by atoms with van der Waals surface area (Å²) in [5.41, 5.74) is 0. The minimum atomic E-state index is 0.394. The fraction of sp³-hybridized carbons (Fsp3) is 1.00. The number of ether oxygens (including phenoxy) is 2. The lowest BCUT2D eigenvalue weighted by Gasteiger charge is -2.00. The zero-order valence-electron chi connectivity index (χ0n) is 6.84. The highest BCUT2D eigenvalue weighted by Crippen LogP contribution is 2.08. The second-order valence-electron chi connectivity index (χ2n) is 2.36. The van der Waals surface area contributed by atoms with Crippen LogP contribution in [0.1, 0.15) is 6.92 Å². The number of rotatable bonds is 7. The largest absolute Gasteiger partial charge is 0.418 e. The molecule has 3 nitrogen and oxygen atoms in total. The van der Waals surface area contributed by atoms with E-state index in [0.29, 0.717) is 15.9 Å². The highest BCUT2D eigenvalue weighted by molar-refractivity contribution is 6.27. The summed E-state index contributed by atoms with van der Waals surface area (Å²) >= 11 is 0. The molecule has 0 saturated carbocycles. The minimum Gasteiger partial charge on any atom is -0.418 e. The van der Waals surface area contributed by atoms with Crippen molar-refractivity contribution in [3.05, 3.63) is 0 Å². The van der Waals surface area contributed by atoms with Gasteiger partial charge in [0.2, 0.25) is 9.76 Å². The Morgan fingerprint density at radius 3 is 3.09 bits per heavy atom. The molecular formula is C7H14O3Si. The maximum absolute atomic E-state index is 5.31. The van der Waals surface area contributed by atoms with Crippen LogP contribution in [0.25, 0.3) is 0 Å². The summed E-state index contributed by atoms with van der Waals surface area (Å²) in [7, 11) is 0.590. The van der Waals surface area contributed by atoms with Crippen LogP contribution in [0.4, 0.5) is 0 Å². The Bertz CT molecular complexity index is 95.7. The Kier molecular flexibility index (Phi) is 4.77. The maximum Gasteiger partial charge on any atom is 0.231 e. The van der Waals surface area contributed by atoms with E-state index in [-0.39, 0.29) is 0 Å². The third kappa shape index (κ3) is 5.38. The van der Waals surface area contributed by atoms with Crippen molar-refractivity contribution in [3.63, 3.8) is 0 Å². The molecule has 0 N–H and O–H groups in total. The Morgan fingerprint density at radius 1 is 1.64 bits per heavy atom. The predicted molar refractivity (Wildman–Crippen MR) is 42.7 cm³/mol. The highest BCUT2D eigenvalue weighted by atomic mass is 28.2. The van der Waals surface area contributed by atoms with Crippen LogP contribution in [0.15, 0.2) is 0 Å². The predicted octanol–water partition coefficient (Wildman–Crippen LogP) is 0.476. The van der Waals surface area contributed by atoms with E-state index >= 15 is 0 Å². The summed E-state index contributed by atoms with van der Waals surface area (Å²) in [6.45, 7) is 5.26. The van der Waals surface area contributed by atoms with E-state index in [1.165, 1.54) is 0 Å². The third-order valence-electron chi connectivity index (χ3n) is 1.30. The standard InChI is InChI=1S/C7H14O3Si/c1-2-10-11-4-3-8-5-7-6-9-7/h7H,2-6H2,1H3. The first-order valence-corrected chi connectivity index (χ1v) is 5.09. The average Bonchev–Trinajstić information content (AvgIpc) is 2.80. The lowest BCUT2D eigenvalue weighted by Crippen LogP contribution is -2.06. The van der Waals surface area contributed by atoms with Crippen molar-refractivity contribution in [1.29, 1.82) is 0 Å². The van der Waals surface area contributed by atoms with Crippen LogP contribution in [-0.2, 0) is 13.9 Å². The third-order valence-corrected chi connectivity index (χ3v) is 2.20. The molecule has 0 aromatic heterocycles. The van der Waals surface area contributed by atoms with Crippen molar-refractivity contribution in [2.45, 2.75) is 19.1 Å². The van der Waals surface area contributed by atoms with Gasteiger partial charge in [0.05, 0.1) is 13.2 Å². The van der Waals surface area contributed by atoms with E-state index in [1.54, 1.807) is 0 Å². The summed E-state index contributed by atoms with van der Waals surface area (Å²) in [6.07, 6.45) is 0.394. The van der Waals surface area contributed by atoms with Gasteiger partial charge in [-0.15, -0.1) is 0 Å². The van der Waals surface area contributed by atoms with Gasteiger partial charge in [-0.05, 0) is 13.0 Å². The van der Waals surface area contributed by atoms with Gasteiger partial charge in [-0.1, -0.05) is 0 Å². The number of epoxide rings is 1. The SMILES string of the molecule is CCO[Si]CCOCC1CO1. The highest BCUT2D eigenvalue weighted by Gasteiger charge is 2.21. The first kappa shape index (κ1) is 9.19. The van der Waals surface area contributed by atoms with Crippen molar-refractivity contribution >= 4 is 9.76 Å². The van der Waals surface area contributed by atoms with Crippen molar-refractivity contribution in [1.82, 2.24) is 0 Å². The van der Waals surface area contributed by atoms with Crippen LogP contribution in [0.5, 0.6) is 0 Å². The second-order valence-corrected chi connectivity index (χ2v) is 3.43. The molecule has 0 aromatic rings. The quantitative estimate of drug-likeness (QED) is 0.319. The van der Waals surface area contributed by atoms with Crippen LogP contribution < -0.4 is 0 Å². The van der Waals surface area contributed by atoms with Crippen molar-refractivity contribution in [3.8, 4) is 0 Å². The van der Waals surface area contributed by atoms with E-state index in [4.69, 9.17) is 13.9 Å². The van der Waals surface area contributed by atoms with Crippen molar-refractivity contribution < 1.29 is 13.9 Å². The van der Waals surface area contributed by atoms with Crippen LogP contribution in [0.2, 0.25) is 6.04 Å². The Labute approximate surface area is 70.0 Å². The smallest absolute Gasteiger partial charge is 0.231 e. The van der Waals surface area contributed by atoms with E-state index in [9.17, 15) is 0 Å². The van der Waals surface area contributed by atoms with Gasteiger partial charge in [0.1, 0.15) is 6.10 Å². The van der Waals surface area contributed by atoms with E-state index < -0.39 is 0 Å². The van der Waals surface area contributed by atoms with E-state index in [1.807, 2.05) is 6.92 Å². The molecule has 0 amide bonds. The fourth-order valence-electron chi connectivity index (χ4n) is 0.667. The van der Waals surface area contributed by atoms with Crippen molar-refractivity contribution in [2.24, 2.45) is 0 Å². The van der Waals surface area contributed by atoms with Gasteiger partial charge in [0.25, 0.3) is 0 Å². The van der Waals surface area contributed by atoms with Gasteiger partial charge in [-0.2, -0.15) is 0 Å². The fourth-order valence-corrected chi connectivity index (χ4v) is 1.24. The molecule has 64 valence electrons. The van der Waals surface area contributed by atoms with Gasteiger partial charge in [-0.3, -0.25) is 0 Å². The van der Waals surface area contributed by atoms with Crippen LogP contribution in [0, 0.1) is 0 Å². The van der Waals surface area contributed by atoms with Gasteiger partial charge < -0.3 is 13.9 Å². The zero-order valence-corrected chi connectivity index (χ0v) is 7.84. The monoisotopic (exact) mass is 174 g/mol. The molecule has 4 heteroatoms. The molecule has 11 heavy (non-hydrogen) atoms. The normalized spacial score (nSPS) is 22.1. The molecule has 0 bridgehead atoms. The number of hydrogen-bond acceptors (Lipinski definition) is 3. The topological polar surface area (TPSA) is 31.0 Å².